The van der Waals surface area contributed by atoms with Crippen molar-refractivity contribution in [2.24, 2.45) is 5.73 Å². The standard InChI is InChI=1S/C13H17N3O3/c14-5-6-15-13(19)16-8-10-4-2-1-3-9(10)7-11(16)12(17)18/h1-4,11H,5-8,14H2,(H,15,19)(H,17,18)/t11-/m1/s1. The molecular formula is C13H17N3O3. The summed E-state index contributed by atoms with van der Waals surface area (Å²) in [5, 5.41) is 11.9. The molecule has 0 unspecified atom stereocenters. The fourth-order valence-corrected chi connectivity index (χ4v) is 2.24. The molecule has 19 heavy (non-hydrogen) atoms. The number of aliphatic carboxylic acids is 1. The van der Waals surface area contributed by atoms with Gasteiger partial charge in [-0.15, -0.1) is 0 Å². The molecule has 6 heteroatoms. The number of carboxylic acid groups (broad SMARTS) is 1. The van der Waals surface area contributed by atoms with Gasteiger partial charge in [0, 0.05) is 26.1 Å². The number of carbonyl (C=O) groups excluding carboxylic acids is 1. The highest BCUT2D eigenvalue weighted by molar-refractivity contribution is 5.83. The first kappa shape index (κ1) is 13.4. The van der Waals surface area contributed by atoms with Crippen LogP contribution < -0.4 is 11.1 Å². The molecule has 0 fully saturated rings. The summed E-state index contributed by atoms with van der Waals surface area (Å²) in [7, 11) is 0. The number of nitrogens with zero attached hydrogens (tertiary/aromatic N) is 1. The zero-order valence-corrected chi connectivity index (χ0v) is 10.5. The summed E-state index contributed by atoms with van der Waals surface area (Å²) in [6.07, 6.45) is 0.335. The van der Waals surface area contributed by atoms with Gasteiger partial charge in [-0.1, -0.05) is 24.3 Å². The smallest absolute Gasteiger partial charge is 0.326 e. The van der Waals surface area contributed by atoms with Crippen LogP contribution in [-0.2, 0) is 17.8 Å². The maximum Gasteiger partial charge on any atom is 0.326 e. The van der Waals surface area contributed by atoms with Crippen molar-refractivity contribution >= 4 is 12.0 Å². The first-order valence-corrected chi connectivity index (χ1v) is 6.17. The van der Waals surface area contributed by atoms with E-state index in [1.165, 1.54) is 4.90 Å². The Labute approximate surface area is 111 Å². The van der Waals surface area contributed by atoms with Crippen LogP contribution in [0.5, 0.6) is 0 Å². The molecule has 2 amide bonds. The number of nitrogens with one attached hydrogen (secondary N) is 1. The highest BCUT2D eigenvalue weighted by atomic mass is 16.4. The average molecular weight is 263 g/mol. The number of benzene rings is 1. The number of carboxylic acids is 1. The van der Waals surface area contributed by atoms with E-state index < -0.39 is 12.0 Å². The van der Waals surface area contributed by atoms with Gasteiger partial charge in [0.05, 0.1) is 0 Å². The van der Waals surface area contributed by atoms with Crippen LogP contribution in [0.1, 0.15) is 11.1 Å². The molecule has 0 aliphatic carbocycles. The minimum Gasteiger partial charge on any atom is -0.480 e. The normalized spacial score (nSPS) is 17.7. The second kappa shape index (κ2) is 5.71. The summed E-state index contributed by atoms with van der Waals surface area (Å²) in [4.78, 5) is 24.6. The van der Waals surface area contributed by atoms with Gasteiger partial charge in [0.15, 0.2) is 0 Å². The molecule has 0 spiro atoms. The lowest BCUT2D eigenvalue weighted by Gasteiger charge is -2.34. The van der Waals surface area contributed by atoms with Gasteiger partial charge in [0.25, 0.3) is 0 Å². The van der Waals surface area contributed by atoms with Crippen LogP contribution in [0.25, 0.3) is 0 Å². The minimum atomic E-state index is -0.989. The van der Waals surface area contributed by atoms with Gasteiger partial charge in [-0.05, 0) is 11.1 Å². The lowest BCUT2D eigenvalue weighted by atomic mass is 9.94. The fraction of sp³-hybridized carbons (Fsp3) is 0.385. The third-order valence-electron chi connectivity index (χ3n) is 3.22. The van der Waals surface area contributed by atoms with Crippen molar-refractivity contribution in [1.82, 2.24) is 10.2 Å². The van der Waals surface area contributed by atoms with Gasteiger partial charge in [0.1, 0.15) is 6.04 Å². The summed E-state index contributed by atoms with van der Waals surface area (Å²) in [6, 6.07) is 6.37. The molecule has 6 nitrogen and oxygen atoms in total. The fourth-order valence-electron chi connectivity index (χ4n) is 2.24. The molecule has 0 saturated heterocycles. The highest BCUT2D eigenvalue weighted by Crippen LogP contribution is 2.23. The maximum atomic E-state index is 12.0. The molecule has 4 N–H and O–H groups in total. The predicted molar refractivity (Wildman–Crippen MR) is 69.6 cm³/mol. The van der Waals surface area contributed by atoms with Crippen LogP contribution in [-0.4, -0.2) is 41.1 Å². The Balaban J connectivity index is 2.21. The van der Waals surface area contributed by atoms with Crippen molar-refractivity contribution in [3.05, 3.63) is 35.4 Å². The summed E-state index contributed by atoms with van der Waals surface area (Å²) >= 11 is 0. The van der Waals surface area contributed by atoms with E-state index >= 15 is 0 Å². The van der Waals surface area contributed by atoms with E-state index in [4.69, 9.17) is 5.73 Å². The van der Waals surface area contributed by atoms with Crippen LogP contribution >= 0.6 is 0 Å². The van der Waals surface area contributed by atoms with Crippen molar-refractivity contribution in [1.29, 1.82) is 0 Å². The van der Waals surface area contributed by atoms with E-state index in [1.807, 2.05) is 24.3 Å². The van der Waals surface area contributed by atoms with E-state index in [0.717, 1.165) is 11.1 Å². The van der Waals surface area contributed by atoms with E-state index in [9.17, 15) is 14.7 Å². The van der Waals surface area contributed by atoms with E-state index in [2.05, 4.69) is 5.32 Å². The van der Waals surface area contributed by atoms with Crippen molar-refractivity contribution in [2.75, 3.05) is 13.1 Å². The van der Waals surface area contributed by atoms with Crippen LogP contribution in [0.4, 0.5) is 4.79 Å². The van der Waals surface area contributed by atoms with E-state index in [0.29, 0.717) is 26.1 Å². The number of hydrogen-bond donors (Lipinski definition) is 3. The first-order valence-electron chi connectivity index (χ1n) is 6.17. The number of urea groups is 1. The zero-order chi connectivity index (χ0) is 13.8. The number of rotatable bonds is 3. The molecule has 0 radical (unpaired) electrons. The molecule has 1 atom stereocenters. The number of hydrogen-bond acceptors (Lipinski definition) is 3. The monoisotopic (exact) mass is 263 g/mol. The van der Waals surface area contributed by atoms with Gasteiger partial charge >= 0.3 is 12.0 Å². The Hall–Kier alpha value is -2.08. The Kier molecular flexibility index (Phi) is 4.01. The Morgan fingerprint density at radius 1 is 1.37 bits per heavy atom. The SMILES string of the molecule is NCCNC(=O)N1Cc2ccccc2C[C@@H]1C(=O)O. The van der Waals surface area contributed by atoms with Gasteiger partial charge in [-0.3, -0.25) is 0 Å². The van der Waals surface area contributed by atoms with Crippen LogP contribution in [0.15, 0.2) is 24.3 Å². The molecule has 1 aromatic carbocycles. The van der Waals surface area contributed by atoms with E-state index in [-0.39, 0.29) is 6.03 Å². The second-order valence-electron chi connectivity index (χ2n) is 4.48. The summed E-state index contributed by atoms with van der Waals surface area (Å²) in [5.41, 5.74) is 7.30. The Morgan fingerprint density at radius 3 is 2.68 bits per heavy atom. The highest BCUT2D eigenvalue weighted by Gasteiger charge is 2.34. The van der Waals surface area contributed by atoms with Crippen molar-refractivity contribution in [3.8, 4) is 0 Å². The van der Waals surface area contributed by atoms with E-state index in [1.54, 1.807) is 0 Å². The van der Waals surface area contributed by atoms with Crippen molar-refractivity contribution in [3.63, 3.8) is 0 Å². The topological polar surface area (TPSA) is 95.7 Å². The summed E-state index contributed by atoms with van der Waals surface area (Å²) < 4.78 is 0. The quantitative estimate of drug-likeness (QED) is 0.724. The third-order valence-corrected chi connectivity index (χ3v) is 3.22. The molecule has 0 saturated carbocycles. The Bertz CT molecular complexity index is 490. The largest absolute Gasteiger partial charge is 0.480 e. The molecule has 1 aliphatic heterocycles. The molecule has 0 aromatic heterocycles. The van der Waals surface area contributed by atoms with Gasteiger partial charge in [-0.2, -0.15) is 0 Å². The lowest BCUT2D eigenvalue weighted by Crippen LogP contribution is -2.52. The first-order chi connectivity index (χ1) is 9.13. The zero-order valence-electron chi connectivity index (χ0n) is 10.5. The molecule has 1 heterocycles. The molecule has 1 aromatic rings. The van der Waals surface area contributed by atoms with Gasteiger partial charge in [-0.25, -0.2) is 9.59 Å². The third kappa shape index (κ3) is 2.85. The van der Waals surface area contributed by atoms with Gasteiger partial charge < -0.3 is 21.1 Å². The van der Waals surface area contributed by atoms with Gasteiger partial charge in [0.2, 0.25) is 0 Å². The average Bonchev–Trinajstić information content (AvgIpc) is 2.43. The minimum absolute atomic E-state index is 0.309. The predicted octanol–water partition coefficient (Wildman–Crippen LogP) is 0.166. The number of amides is 2. The lowest BCUT2D eigenvalue weighted by molar-refractivity contribution is -0.142. The molecule has 0 bridgehead atoms. The summed E-state index contributed by atoms with van der Waals surface area (Å²) in [6.45, 7) is 0.973. The van der Waals surface area contributed by atoms with Crippen LogP contribution in [0.2, 0.25) is 0 Å². The Morgan fingerprint density at radius 2 is 2.05 bits per heavy atom. The van der Waals surface area contributed by atoms with Crippen molar-refractivity contribution < 1.29 is 14.7 Å². The molecule has 1 aliphatic rings. The number of fused-ring (bicyclic) bond motifs is 1. The second-order valence-corrected chi connectivity index (χ2v) is 4.48. The number of carbonyl (C=O) groups is 2. The molecule has 102 valence electrons. The van der Waals surface area contributed by atoms with Crippen LogP contribution in [0.3, 0.4) is 0 Å². The molecular weight excluding hydrogens is 246 g/mol. The number of nitrogens with two attached hydrogens (primary N) is 1. The summed E-state index contributed by atoms with van der Waals surface area (Å²) in [5.74, 6) is -0.989. The van der Waals surface area contributed by atoms with Crippen LogP contribution in [0, 0.1) is 0 Å². The maximum absolute atomic E-state index is 12.0. The molecule has 2 rings (SSSR count). The van der Waals surface area contributed by atoms with Crippen molar-refractivity contribution in [2.45, 2.75) is 19.0 Å².